The number of rotatable bonds is 27. The van der Waals surface area contributed by atoms with Gasteiger partial charge in [0.1, 0.15) is 24.4 Å². The molecule has 3 rings (SSSR count). The molecule has 1 amide bonds. The Hall–Kier alpha value is -2.80. The molecule has 8 nitrogen and oxygen atoms in total. The molecule has 0 saturated carbocycles. The van der Waals surface area contributed by atoms with Crippen LogP contribution in [0.4, 0.5) is 13.2 Å². The molecule has 2 aromatic carbocycles. The minimum atomic E-state index is -4.43. The first-order valence-corrected chi connectivity index (χ1v) is 19.6. The molecule has 53 heavy (non-hydrogen) atoms. The predicted molar refractivity (Wildman–Crippen MR) is 200 cm³/mol. The lowest BCUT2D eigenvalue weighted by molar-refractivity contribution is -0.277. The molecule has 0 aliphatic carbocycles. The van der Waals surface area contributed by atoms with Crippen LogP contribution in [0.5, 0.6) is 0 Å². The van der Waals surface area contributed by atoms with E-state index in [0.717, 1.165) is 43.4 Å². The van der Waals surface area contributed by atoms with Gasteiger partial charge in [-0.05, 0) is 29.7 Å². The monoisotopic (exact) mass is 749 g/mol. The zero-order chi connectivity index (χ0) is 38.3. The van der Waals surface area contributed by atoms with Gasteiger partial charge in [0.05, 0.1) is 44.5 Å². The summed E-state index contributed by atoms with van der Waals surface area (Å²) in [5.74, 6) is -0.416. The highest BCUT2D eigenvalue weighted by Crippen LogP contribution is 2.30. The van der Waals surface area contributed by atoms with Crippen molar-refractivity contribution < 1.29 is 47.1 Å². The third kappa shape index (κ3) is 17.0. The second-order valence-corrected chi connectivity index (χ2v) is 14.1. The smallest absolute Gasteiger partial charge is 0.394 e. The van der Waals surface area contributed by atoms with Gasteiger partial charge >= 0.3 is 6.18 Å². The van der Waals surface area contributed by atoms with E-state index in [9.17, 15) is 28.2 Å². The van der Waals surface area contributed by atoms with E-state index in [1.165, 1.54) is 76.0 Å². The summed E-state index contributed by atoms with van der Waals surface area (Å²) in [6.45, 7) is 5.74. The Morgan fingerprint density at radius 1 is 0.868 bits per heavy atom. The molecule has 1 aliphatic heterocycles. The van der Waals surface area contributed by atoms with Gasteiger partial charge in [0, 0.05) is 0 Å². The topological polar surface area (TPSA) is 106 Å². The highest BCUT2D eigenvalue weighted by atomic mass is 19.4. The van der Waals surface area contributed by atoms with E-state index in [0.29, 0.717) is 12.0 Å². The van der Waals surface area contributed by atoms with Gasteiger partial charge in [-0.25, -0.2) is 0 Å². The van der Waals surface area contributed by atoms with Crippen molar-refractivity contribution in [1.29, 1.82) is 0 Å². The molecule has 1 aliphatic rings. The van der Waals surface area contributed by atoms with E-state index in [1.807, 2.05) is 30.3 Å². The van der Waals surface area contributed by atoms with Gasteiger partial charge in [0.25, 0.3) is 0 Å². The van der Waals surface area contributed by atoms with Gasteiger partial charge in [-0.2, -0.15) is 13.2 Å². The second kappa shape index (κ2) is 25.3. The molecule has 6 atom stereocenters. The maximum atomic E-state index is 13.6. The van der Waals surface area contributed by atoms with Gasteiger partial charge in [-0.3, -0.25) is 4.79 Å². The molecule has 1 heterocycles. The summed E-state index contributed by atoms with van der Waals surface area (Å²) in [5, 5.41) is 24.4. The molecule has 1 fully saturated rings. The lowest BCUT2D eigenvalue weighted by atomic mass is 9.96. The van der Waals surface area contributed by atoms with Crippen molar-refractivity contribution in [3.05, 3.63) is 83.9 Å². The van der Waals surface area contributed by atoms with Crippen LogP contribution in [0.15, 0.2) is 67.3 Å². The van der Waals surface area contributed by atoms with Crippen LogP contribution in [0.3, 0.4) is 0 Å². The van der Waals surface area contributed by atoms with Crippen molar-refractivity contribution in [2.24, 2.45) is 0 Å². The third-order valence-corrected chi connectivity index (χ3v) is 9.65. The third-order valence-electron chi connectivity index (χ3n) is 9.65. The zero-order valence-corrected chi connectivity index (χ0v) is 31.4. The van der Waals surface area contributed by atoms with E-state index in [-0.39, 0.29) is 26.2 Å². The van der Waals surface area contributed by atoms with Crippen molar-refractivity contribution in [2.45, 2.75) is 159 Å². The number of amides is 1. The van der Waals surface area contributed by atoms with Crippen molar-refractivity contribution in [3.8, 4) is 0 Å². The fourth-order valence-electron chi connectivity index (χ4n) is 6.59. The normalized spacial score (nSPS) is 21.0. The molecular formula is C42H62F3NO7. The first-order chi connectivity index (χ1) is 25.7. The van der Waals surface area contributed by atoms with E-state index in [1.54, 1.807) is 0 Å². The number of aliphatic hydroxyl groups excluding tert-OH is 2. The van der Waals surface area contributed by atoms with Crippen LogP contribution in [-0.4, -0.2) is 66.1 Å². The van der Waals surface area contributed by atoms with Crippen LogP contribution in [0, 0.1) is 0 Å². The average Bonchev–Trinajstić information content (AvgIpc) is 3.15. The largest absolute Gasteiger partial charge is 0.416 e. The minimum absolute atomic E-state index is 0.0440. The Morgan fingerprint density at radius 2 is 1.45 bits per heavy atom. The van der Waals surface area contributed by atoms with Gasteiger partial charge in [0.15, 0.2) is 6.29 Å². The van der Waals surface area contributed by atoms with Gasteiger partial charge < -0.3 is 34.5 Å². The summed E-state index contributed by atoms with van der Waals surface area (Å²) in [5.41, 5.74) is 0.694. The predicted octanol–water partition coefficient (Wildman–Crippen LogP) is 8.81. The van der Waals surface area contributed by atoms with E-state index >= 15 is 0 Å². The molecule has 3 N–H and O–H groups in total. The molecule has 0 bridgehead atoms. The van der Waals surface area contributed by atoms with Gasteiger partial charge in [-0.1, -0.05) is 139 Å². The summed E-state index contributed by atoms with van der Waals surface area (Å²) in [6.07, 6.45) is 8.53. The van der Waals surface area contributed by atoms with E-state index in [2.05, 4.69) is 18.8 Å². The first-order valence-electron chi connectivity index (χ1n) is 19.6. The summed E-state index contributed by atoms with van der Waals surface area (Å²) in [7, 11) is 0. The Morgan fingerprint density at radius 3 is 2.02 bits per heavy atom. The van der Waals surface area contributed by atoms with Crippen LogP contribution in [0.1, 0.15) is 120 Å². The van der Waals surface area contributed by atoms with Crippen molar-refractivity contribution in [2.75, 3.05) is 13.2 Å². The highest BCUT2D eigenvalue weighted by molar-refractivity contribution is 5.77. The Labute approximate surface area is 314 Å². The first kappa shape index (κ1) is 44.6. The van der Waals surface area contributed by atoms with Crippen LogP contribution in [-0.2, 0) is 43.1 Å². The van der Waals surface area contributed by atoms with E-state index in [4.69, 9.17) is 18.9 Å². The van der Waals surface area contributed by atoms with Gasteiger partial charge in [-0.15, -0.1) is 6.58 Å². The number of halogens is 3. The molecule has 11 heteroatoms. The zero-order valence-electron chi connectivity index (χ0n) is 31.4. The lowest BCUT2D eigenvalue weighted by Crippen LogP contribution is -2.65. The van der Waals surface area contributed by atoms with Crippen molar-refractivity contribution in [1.82, 2.24) is 5.32 Å². The van der Waals surface area contributed by atoms with Crippen LogP contribution in [0.25, 0.3) is 0 Å². The number of ether oxygens (including phenoxy) is 4. The summed E-state index contributed by atoms with van der Waals surface area (Å²) in [6, 6.07) is 13.2. The molecule has 2 aromatic rings. The Kier molecular flexibility index (Phi) is 21.3. The Bertz CT molecular complexity index is 1260. The number of unbranched alkanes of at least 4 members (excludes halogenated alkanes) is 12. The summed E-state index contributed by atoms with van der Waals surface area (Å²) < 4.78 is 63.2. The molecule has 0 aromatic heterocycles. The number of benzene rings is 2. The molecule has 0 unspecified atom stereocenters. The van der Waals surface area contributed by atoms with E-state index < -0.39 is 61.0 Å². The van der Waals surface area contributed by atoms with Crippen molar-refractivity contribution in [3.63, 3.8) is 0 Å². The van der Waals surface area contributed by atoms with Crippen LogP contribution in [0.2, 0.25) is 0 Å². The van der Waals surface area contributed by atoms with Gasteiger partial charge in [0.2, 0.25) is 5.91 Å². The maximum absolute atomic E-state index is 13.6. The van der Waals surface area contributed by atoms with Crippen molar-refractivity contribution >= 4 is 5.91 Å². The van der Waals surface area contributed by atoms with Crippen LogP contribution < -0.4 is 5.32 Å². The molecule has 0 spiro atoms. The molecule has 0 radical (unpaired) electrons. The highest BCUT2D eigenvalue weighted by Gasteiger charge is 2.47. The fraction of sp³-hybridized carbons (Fsp3) is 0.643. The Balaban J connectivity index is 1.58. The summed E-state index contributed by atoms with van der Waals surface area (Å²) >= 11 is 0. The number of carbonyl (C=O) groups excluding carboxylic acids is 1. The second-order valence-electron chi connectivity index (χ2n) is 14.1. The SMILES string of the molecule is C=CCO[C@H]1O[C@H](CO)[C@@H](OCc2ccccc2)[C@H](O)[C@H]1NC(=O)C[C@@H](CCCCCCCCCCCCCCC)OCc1ccc(C(F)(F)F)cc1. The summed E-state index contributed by atoms with van der Waals surface area (Å²) in [4.78, 5) is 13.6. The number of aliphatic hydroxyl groups is 2. The quantitative estimate of drug-likeness (QED) is 0.0620. The number of alkyl halides is 3. The standard InChI is InChI=1S/C42H62F3NO7/c1-3-5-6-7-8-9-10-11-12-13-14-15-19-22-35(51-30-33-23-25-34(26-24-33)42(43,44)45)28-37(48)46-38-39(49)40(52-31-32-20-17-16-18-21-32)36(29-47)53-41(38)50-27-4-2/h4,16-18,20-21,23-26,35-36,38-41,47,49H,2-3,5-15,19,22,27-31H2,1H3,(H,46,48)/t35-,36-,38-,39-,40-,41+/m1/s1. The minimum Gasteiger partial charge on any atom is -0.394 e. The maximum Gasteiger partial charge on any atom is 0.416 e. The lowest BCUT2D eigenvalue weighted by Gasteiger charge is -2.44. The average molecular weight is 750 g/mol. The molecule has 1 saturated heterocycles. The van der Waals surface area contributed by atoms with Crippen LogP contribution >= 0.6 is 0 Å². The number of hydrogen-bond donors (Lipinski definition) is 3. The fourth-order valence-corrected chi connectivity index (χ4v) is 6.59. The number of hydrogen-bond acceptors (Lipinski definition) is 7. The molecule has 298 valence electrons. The molecular weight excluding hydrogens is 687 g/mol. The number of carbonyl (C=O) groups is 1. The number of nitrogens with one attached hydrogen (secondary N) is 1.